The first-order valence-corrected chi connectivity index (χ1v) is 10.2. The van der Waals surface area contributed by atoms with Gasteiger partial charge in [-0.1, -0.05) is 22.9 Å². The number of anilines is 2. The molecule has 9 heteroatoms. The van der Waals surface area contributed by atoms with E-state index in [-0.39, 0.29) is 12.5 Å². The predicted octanol–water partition coefficient (Wildman–Crippen LogP) is 2.84. The van der Waals surface area contributed by atoms with E-state index in [4.69, 9.17) is 16.7 Å². The van der Waals surface area contributed by atoms with Crippen LogP contribution in [0.3, 0.4) is 0 Å². The van der Waals surface area contributed by atoms with Crippen molar-refractivity contribution in [1.82, 2.24) is 19.8 Å². The Hall–Kier alpha value is -2.26. The molecule has 4 rings (SSSR count). The van der Waals surface area contributed by atoms with E-state index < -0.39 is 0 Å². The third kappa shape index (κ3) is 4.10. The molecule has 146 valence electrons. The summed E-state index contributed by atoms with van der Waals surface area (Å²) in [5.41, 5.74) is 1.37. The van der Waals surface area contributed by atoms with Crippen LogP contribution in [0.5, 0.6) is 0 Å². The second kappa shape index (κ2) is 8.40. The van der Waals surface area contributed by atoms with Crippen LogP contribution in [-0.4, -0.2) is 70.1 Å². The predicted molar refractivity (Wildman–Crippen MR) is 112 cm³/mol. The summed E-state index contributed by atoms with van der Waals surface area (Å²) in [6.45, 7) is 3.56. The van der Waals surface area contributed by atoms with Crippen LogP contribution in [0, 0.1) is 0 Å². The lowest BCUT2D eigenvalue weighted by molar-refractivity contribution is 0.0615. The van der Waals surface area contributed by atoms with Crippen molar-refractivity contribution in [2.75, 3.05) is 44.6 Å². The lowest BCUT2D eigenvalue weighted by atomic mass is 10.2. The van der Waals surface area contributed by atoms with Gasteiger partial charge in [0.25, 0.3) is 5.91 Å². The molecule has 1 aromatic carbocycles. The third-order valence-electron chi connectivity index (χ3n) is 4.69. The summed E-state index contributed by atoms with van der Waals surface area (Å²) in [6, 6.07) is 9.09. The van der Waals surface area contributed by atoms with Crippen molar-refractivity contribution in [3.8, 4) is 0 Å². The lowest BCUT2D eigenvalue weighted by Gasteiger charge is -2.34. The molecule has 1 aliphatic heterocycles. The van der Waals surface area contributed by atoms with Crippen molar-refractivity contribution < 1.29 is 9.90 Å². The Kier molecular flexibility index (Phi) is 5.72. The second-order valence-corrected chi connectivity index (χ2v) is 7.98. The minimum Gasteiger partial charge on any atom is -0.395 e. The van der Waals surface area contributed by atoms with Crippen LogP contribution >= 0.6 is 22.9 Å². The van der Waals surface area contributed by atoms with Crippen molar-refractivity contribution in [2.45, 2.75) is 0 Å². The monoisotopic (exact) mass is 417 g/mol. The highest BCUT2D eigenvalue weighted by atomic mass is 35.5. The van der Waals surface area contributed by atoms with Gasteiger partial charge in [-0.25, -0.2) is 9.97 Å². The van der Waals surface area contributed by atoms with Crippen LogP contribution < -0.4 is 5.32 Å². The number of amides is 1. The molecule has 3 heterocycles. The van der Waals surface area contributed by atoms with E-state index >= 15 is 0 Å². The standard InChI is InChI=1S/C19H20ClN5O2S/c20-13-3-4-15-16(12-13)28-19(22-15)23-17-14(2-1-5-21-17)18(27)25-8-6-24(7-9-25)10-11-26/h1-5,12,26H,6-11H2,(H,21,22,23). The molecule has 7 nitrogen and oxygen atoms in total. The van der Waals surface area contributed by atoms with Gasteiger partial charge in [0.05, 0.1) is 22.4 Å². The zero-order valence-electron chi connectivity index (χ0n) is 15.1. The molecule has 0 bridgehead atoms. The van der Waals surface area contributed by atoms with Crippen molar-refractivity contribution in [2.24, 2.45) is 0 Å². The summed E-state index contributed by atoms with van der Waals surface area (Å²) in [5, 5.41) is 13.6. The van der Waals surface area contributed by atoms with Gasteiger partial charge in [-0.2, -0.15) is 0 Å². The number of benzene rings is 1. The molecule has 0 atom stereocenters. The van der Waals surface area contributed by atoms with Crippen molar-refractivity contribution in [3.63, 3.8) is 0 Å². The quantitative estimate of drug-likeness (QED) is 0.664. The largest absolute Gasteiger partial charge is 0.395 e. The number of carbonyl (C=O) groups excluding carboxylic acids is 1. The number of fused-ring (bicyclic) bond motifs is 1. The highest BCUT2D eigenvalue weighted by Crippen LogP contribution is 2.30. The minimum atomic E-state index is -0.0524. The Balaban J connectivity index is 1.52. The average molecular weight is 418 g/mol. The minimum absolute atomic E-state index is 0.0524. The molecule has 3 aromatic rings. The molecular formula is C19H20ClN5O2S. The topological polar surface area (TPSA) is 81.6 Å². The number of rotatable bonds is 5. The summed E-state index contributed by atoms with van der Waals surface area (Å²) in [4.78, 5) is 25.9. The van der Waals surface area contributed by atoms with Gasteiger partial charge in [-0.15, -0.1) is 0 Å². The summed E-state index contributed by atoms with van der Waals surface area (Å²) >= 11 is 7.52. The molecule has 0 unspecified atom stereocenters. The number of hydrogen-bond donors (Lipinski definition) is 2. The number of nitrogens with one attached hydrogen (secondary N) is 1. The summed E-state index contributed by atoms with van der Waals surface area (Å²) < 4.78 is 0.971. The summed E-state index contributed by atoms with van der Waals surface area (Å²) in [7, 11) is 0. The number of thiazole rings is 1. The molecule has 1 amide bonds. The van der Waals surface area contributed by atoms with Gasteiger partial charge in [-0.05, 0) is 30.3 Å². The van der Waals surface area contributed by atoms with Crippen molar-refractivity contribution in [1.29, 1.82) is 0 Å². The first-order valence-electron chi connectivity index (χ1n) is 9.04. The summed E-state index contributed by atoms with van der Waals surface area (Å²) in [5.74, 6) is 0.443. The van der Waals surface area contributed by atoms with E-state index in [1.54, 1.807) is 24.4 Å². The maximum absolute atomic E-state index is 13.0. The molecule has 0 saturated carbocycles. The molecule has 2 aromatic heterocycles. The first-order chi connectivity index (χ1) is 13.6. The van der Waals surface area contributed by atoms with E-state index in [0.717, 1.165) is 23.3 Å². The van der Waals surface area contributed by atoms with E-state index in [0.29, 0.717) is 41.2 Å². The van der Waals surface area contributed by atoms with Gasteiger partial charge in [-0.3, -0.25) is 9.69 Å². The molecule has 0 aliphatic carbocycles. The molecule has 0 radical (unpaired) electrons. The van der Waals surface area contributed by atoms with E-state index in [2.05, 4.69) is 20.2 Å². The molecule has 0 spiro atoms. The number of piperazine rings is 1. The maximum Gasteiger partial charge on any atom is 0.257 e. The molecule has 1 saturated heterocycles. The van der Waals surface area contributed by atoms with Crippen molar-refractivity contribution >= 4 is 50.0 Å². The van der Waals surface area contributed by atoms with Gasteiger partial charge in [0.15, 0.2) is 5.13 Å². The van der Waals surface area contributed by atoms with Gasteiger partial charge in [0, 0.05) is 43.9 Å². The number of aromatic nitrogens is 2. The Morgan fingerprint density at radius 1 is 1.25 bits per heavy atom. The van der Waals surface area contributed by atoms with E-state index in [9.17, 15) is 4.79 Å². The number of pyridine rings is 1. The zero-order chi connectivity index (χ0) is 19.5. The third-order valence-corrected chi connectivity index (χ3v) is 5.86. The summed E-state index contributed by atoms with van der Waals surface area (Å²) in [6.07, 6.45) is 1.66. The molecule has 1 fully saturated rings. The fourth-order valence-corrected chi connectivity index (χ4v) is 4.36. The highest BCUT2D eigenvalue weighted by molar-refractivity contribution is 7.22. The average Bonchev–Trinajstić information content (AvgIpc) is 3.10. The number of hydrogen-bond acceptors (Lipinski definition) is 7. The van der Waals surface area contributed by atoms with Crippen molar-refractivity contribution in [3.05, 3.63) is 47.1 Å². The number of halogens is 1. The smallest absolute Gasteiger partial charge is 0.257 e. The van der Waals surface area contributed by atoms with E-state index in [1.165, 1.54) is 11.3 Å². The lowest BCUT2D eigenvalue weighted by Crippen LogP contribution is -2.49. The number of aliphatic hydroxyl groups is 1. The van der Waals surface area contributed by atoms with Crippen LogP contribution in [0.1, 0.15) is 10.4 Å². The van der Waals surface area contributed by atoms with Crippen LogP contribution in [0.15, 0.2) is 36.5 Å². The second-order valence-electron chi connectivity index (χ2n) is 6.51. The zero-order valence-corrected chi connectivity index (χ0v) is 16.7. The van der Waals surface area contributed by atoms with Crippen LogP contribution in [0.4, 0.5) is 10.9 Å². The van der Waals surface area contributed by atoms with Gasteiger partial charge in [0.1, 0.15) is 5.82 Å². The van der Waals surface area contributed by atoms with Gasteiger partial charge >= 0.3 is 0 Å². The number of β-amino-alcohol motifs (C(OH)–C–C–N with tert-alkyl or cyclic N) is 1. The number of carbonyl (C=O) groups is 1. The van der Waals surface area contributed by atoms with Gasteiger partial charge in [0.2, 0.25) is 0 Å². The van der Waals surface area contributed by atoms with Crippen LogP contribution in [-0.2, 0) is 0 Å². The maximum atomic E-state index is 13.0. The number of aliphatic hydroxyl groups excluding tert-OH is 1. The molecule has 1 aliphatic rings. The highest BCUT2D eigenvalue weighted by Gasteiger charge is 2.24. The molecular weight excluding hydrogens is 398 g/mol. The Labute approximate surface area is 171 Å². The number of nitrogens with zero attached hydrogens (tertiary/aromatic N) is 4. The fourth-order valence-electron chi connectivity index (χ4n) is 3.22. The first kappa shape index (κ1) is 19.1. The van der Waals surface area contributed by atoms with E-state index in [1.807, 2.05) is 17.0 Å². The fraction of sp³-hybridized carbons (Fsp3) is 0.316. The Bertz CT molecular complexity index is 987. The molecule has 28 heavy (non-hydrogen) atoms. The SMILES string of the molecule is O=C(c1cccnc1Nc1nc2ccc(Cl)cc2s1)N1CCN(CCO)CC1. The Morgan fingerprint density at radius 3 is 2.86 bits per heavy atom. The van der Waals surface area contributed by atoms with Crippen LogP contribution in [0.2, 0.25) is 5.02 Å². The Morgan fingerprint density at radius 2 is 2.07 bits per heavy atom. The normalized spacial score (nSPS) is 15.1. The molecule has 2 N–H and O–H groups in total. The van der Waals surface area contributed by atoms with Gasteiger partial charge < -0.3 is 15.3 Å². The van der Waals surface area contributed by atoms with Crippen LogP contribution in [0.25, 0.3) is 10.2 Å².